The Hall–Kier alpha value is -2.97. The smallest absolute Gasteiger partial charge is 0.257 e. The van der Waals surface area contributed by atoms with Crippen molar-refractivity contribution in [2.24, 2.45) is 5.92 Å². The Balaban J connectivity index is 1.43. The number of likely N-dealkylation sites (tertiary alicyclic amines) is 1. The first-order valence-electron chi connectivity index (χ1n) is 11.4. The van der Waals surface area contributed by atoms with E-state index in [-0.39, 0.29) is 17.7 Å². The SMILES string of the molecule is COCCCNC(=O)C1CCN(C(=O)c2cn(Cc3ccccc3)nc2-c2cccs2)CC1. The minimum atomic E-state index is -0.0471. The monoisotopic (exact) mass is 466 g/mol. The summed E-state index contributed by atoms with van der Waals surface area (Å²) in [4.78, 5) is 28.7. The molecule has 1 fully saturated rings. The van der Waals surface area contributed by atoms with E-state index in [9.17, 15) is 9.59 Å². The Bertz CT molecular complexity index is 1040. The second-order valence-electron chi connectivity index (χ2n) is 8.26. The maximum atomic E-state index is 13.5. The predicted octanol–water partition coefficient (Wildman–Crippen LogP) is 3.66. The number of amides is 2. The van der Waals surface area contributed by atoms with Crippen LogP contribution in [0.25, 0.3) is 10.6 Å². The summed E-state index contributed by atoms with van der Waals surface area (Å²) < 4.78 is 6.87. The number of methoxy groups -OCH3 is 1. The third-order valence-electron chi connectivity index (χ3n) is 5.91. The highest BCUT2D eigenvalue weighted by Crippen LogP contribution is 2.29. The molecule has 0 saturated carbocycles. The van der Waals surface area contributed by atoms with Gasteiger partial charge in [-0.2, -0.15) is 5.10 Å². The topological polar surface area (TPSA) is 76.5 Å². The standard InChI is InChI=1S/C25H30N4O3S/c1-32-15-6-12-26-24(30)20-10-13-28(14-11-20)25(31)21-18-29(17-19-7-3-2-4-8-19)27-23(21)22-9-5-16-33-22/h2-5,7-9,16,18,20H,6,10-15,17H2,1H3,(H,26,30). The van der Waals surface area contributed by atoms with Gasteiger partial charge in [-0.1, -0.05) is 36.4 Å². The summed E-state index contributed by atoms with van der Waals surface area (Å²) >= 11 is 1.58. The Morgan fingerprint density at radius 1 is 1.15 bits per heavy atom. The summed E-state index contributed by atoms with van der Waals surface area (Å²) in [5.74, 6) is 0.0130. The lowest BCUT2D eigenvalue weighted by molar-refractivity contribution is -0.126. The van der Waals surface area contributed by atoms with E-state index < -0.39 is 0 Å². The third kappa shape index (κ3) is 5.89. The molecule has 1 aliphatic heterocycles. The van der Waals surface area contributed by atoms with Gasteiger partial charge in [0.25, 0.3) is 5.91 Å². The van der Waals surface area contributed by atoms with Crippen molar-refractivity contribution in [1.29, 1.82) is 0 Å². The first-order chi connectivity index (χ1) is 16.2. The number of nitrogens with zero attached hydrogens (tertiary/aromatic N) is 3. The van der Waals surface area contributed by atoms with Crippen molar-refractivity contribution >= 4 is 23.2 Å². The van der Waals surface area contributed by atoms with E-state index in [2.05, 4.69) is 17.4 Å². The highest BCUT2D eigenvalue weighted by molar-refractivity contribution is 7.13. The van der Waals surface area contributed by atoms with Crippen LogP contribution in [0.1, 0.15) is 35.2 Å². The molecular formula is C25H30N4O3S. The molecule has 0 atom stereocenters. The second kappa shape index (κ2) is 11.2. The summed E-state index contributed by atoms with van der Waals surface area (Å²) in [6, 6.07) is 14.1. The number of carbonyl (C=O) groups is 2. The van der Waals surface area contributed by atoms with E-state index >= 15 is 0 Å². The number of benzene rings is 1. The van der Waals surface area contributed by atoms with Crippen LogP contribution in [-0.4, -0.2) is 59.8 Å². The van der Waals surface area contributed by atoms with E-state index in [1.54, 1.807) is 18.4 Å². The molecule has 1 aromatic carbocycles. The van der Waals surface area contributed by atoms with Crippen LogP contribution in [0.2, 0.25) is 0 Å². The third-order valence-corrected chi connectivity index (χ3v) is 6.79. The molecule has 1 N–H and O–H groups in total. The van der Waals surface area contributed by atoms with Crippen molar-refractivity contribution in [2.75, 3.05) is 33.4 Å². The van der Waals surface area contributed by atoms with E-state index in [1.807, 2.05) is 51.5 Å². The molecule has 2 aromatic heterocycles. The Kier molecular flexibility index (Phi) is 7.91. The molecule has 3 aromatic rings. The molecule has 4 rings (SSSR count). The molecule has 33 heavy (non-hydrogen) atoms. The van der Waals surface area contributed by atoms with Gasteiger partial charge in [-0.05, 0) is 36.3 Å². The number of nitrogens with one attached hydrogen (secondary N) is 1. The molecule has 0 unspecified atom stereocenters. The van der Waals surface area contributed by atoms with Gasteiger partial charge in [0.1, 0.15) is 5.69 Å². The zero-order valence-electron chi connectivity index (χ0n) is 18.9. The number of hydrogen-bond donors (Lipinski definition) is 1. The van der Waals surface area contributed by atoms with Gasteiger partial charge >= 0.3 is 0 Å². The largest absolute Gasteiger partial charge is 0.385 e. The van der Waals surface area contributed by atoms with Crippen molar-refractivity contribution in [3.8, 4) is 10.6 Å². The maximum Gasteiger partial charge on any atom is 0.257 e. The van der Waals surface area contributed by atoms with Crippen molar-refractivity contribution in [1.82, 2.24) is 20.0 Å². The summed E-state index contributed by atoms with van der Waals surface area (Å²) in [6.45, 7) is 3.01. The van der Waals surface area contributed by atoms with Gasteiger partial charge in [0.15, 0.2) is 0 Å². The molecule has 8 heteroatoms. The molecule has 7 nitrogen and oxygen atoms in total. The van der Waals surface area contributed by atoms with Crippen LogP contribution in [0.15, 0.2) is 54.0 Å². The van der Waals surface area contributed by atoms with Crippen LogP contribution >= 0.6 is 11.3 Å². The van der Waals surface area contributed by atoms with Crippen molar-refractivity contribution in [2.45, 2.75) is 25.8 Å². The van der Waals surface area contributed by atoms with Gasteiger partial charge in [0, 0.05) is 45.5 Å². The van der Waals surface area contributed by atoms with Crippen LogP contribution in [-0.2, 0) is 16.1 Å². The molecule has 0 radical (unpaired) electrons. The summed E-state index contributed by atoms with van der Waals surface area (Å²) in [6.07, 6.45) is 4.01. The van der Waals surface area contributed by atoms with Crippen LogP contribution in [0.4, 0.5) is 0 Å². The van der Waals surface area contributed by atoms with E-state index in [0.29, 0.717) is 51.2 Å². The summed E-state index contributed by atoms with van der Waals surface area (Å²) in [7, 11) is 1.66. The molecule has 1 aliphatic rings. The van der Waals surface area contributed by atoms with Crippen LogP contribution < -0.4 is 5.32 Å². The highest BCUT2D eigenvalue weighted by atomic mass is 32.1. The lowest BCUT2D eigenvalue weighted by Gasteiger charge is -2.31. The minimum Gasteiger partial charge on any atom is -0.385 e. The fourth-order valence-electron chi connectivity index (χ4n) is 4.11. The zero-order valence-corrected chi connectivity index (χ0v) is 19.7. The van der Waals surface area contributed by atoms with E-state index in [0.717, 1.165) is 22.6 Å². The molecule has 0 aliphatic carbocycles. The fourth-order valence-corrected chi connectivity index (χ4v) is 4.84. The maximum absolute atomic E-state index is 13.5. The number of hydrogen-bond acceptors (Lipinski definition) is 5. The highest BCUT2D eigenvalue weighted by Gasteiger charge is 2.30. The van der Waals surface area contributed by atoms with Crippen LogP contribution in [0, 0.1) is 5.92 Å². The quantitative estimate of drug-likeness (QED) is 0.488. The van der Waals surface area contributed by atoms with Crippen molar-refractivity contribution in [3.63, 3.8) is 0 Å². The number of aromatic nitrogens is 2. The number of piperidine rings is 1. The van der Waals surface area contributed by atoms with Crippen molar-refractivity contribution in [3.05, 3.63) is 65.2 Å². The van der Waals surface area contributed by atoms with Crippen LogP contribution in [0.3, 0.4) is 0 Å². The lowest BCUT2D eigenvalue weighted by atomic mass is 9.95. The lowest BCUT2D eigenvalue weighted by Crippen LogP contribution is -2.43. The first kappa shape index (κ1) is 23.2. The molecule has 2 amide bonds. The minimum absolute atomic E-state index is 0.0170. The molecule has 3 heterocycles. The van der Waals surface area contributed by atoms with Gasteiger partial charge in [-0.25, -0.2) is 0 Å². The van der Waals surface area contributed by atoms with Crippen LogP contribution in [0.5, 0.6) is 0 Å². The predicted molar refractivity (Wildman–Crippen MR) is 129 cm³/mol. The Morgan fingerprint density at radius 3 is 2.64 bits per heavy atom. The number of thiophene rings is 1. The number of carbonyl (C=O) groups excluding carboxylic acids is 2. The van der Waals surface area contributed by atoms with E-state index in [1.165, 1.54) is 0 Å². The number of rotatable bonds is 9. The first-order valence-corrected chi connectivity index (χ1v) is 12.2. The molecule has 0 bridgehead atoms. The molecule has 0 spiro atoms. The van der Waals surface area contributed by atoms with Gasteiger partial charge < -0.3 is 15.0 Å². The van der Waals surface area contributed by atoms with Gasteiger partial charge in [0.2, 0.25) is 5.91 Å². The molecule has 1 saturated heterocycles. The average molecular weight is 467 g/mol. The molecule has 174 valence electrons. The van der Waals surface area contributed by atoms with E-state index in [4.69, 9.17) is 9.84 Å². The van der Waals surface area contributed by atoms with Gasteiger partial charge in [-0.3, -0.25) is 14.3 Å². The summed E-state index contributed by atoms with van der Waals surface area (Å²) in [5.41, 5.74) is 2.48. The van der Waals surface area contributed by atoms with Gasteiger partial charge in [0.05, 0.1) is 17.0 Å². The van der Waals surface area contributed by atoms with Gasteiger partial charge in [-0.15, -0.1) is 11.3 Å². The second-order valence-corrected chi connectivity index (χ2v) is 9.20. The normalized spacial score (nSPS) is 14.4. The Morgan fingerprint density at radius 2 is 1.94 bits per heavy atom. The zero-order chi connectivity index (χ0) is 23.0. The molecular weight excluding hydrogens is 436 g/mol. The Labute approximate surface area is 198 Å². The summed E-state index contributed by atoms with van der Waals surface area (Å²) in [5, 5.41) is 9.74. The fraction of sp³-hybridized carbons (Fsp3) is 0.400. The van der Waals surface area contributed by atoms with Crippen molar-refractivity contribution < 1.29 is 14.3 Å². The number of ether oxygens (including phenoxy) is 1. The average Bonchev–Trinajstić information content (AvgIpc) is 3.52.